The van der Waals surface area contributed by atoms with Crippen LogP contribution >= 0.6 is 0 Å². The normalized spacial score (nSPS) is 14.7. The van der Waals surface area contributed by atoms with Gasteiger partial charge in [-0.05, 0) is 60.7 Å². The molecule has 0 spiro atoms. The minimum Gasteiger partial charge on any atom is -0.493 e. The Morgan fingerprint density at radius 1 is 0.493 bits per heavy atom. The van der Waals surface area contributed by atoms with E-state index in [2.05, 4.69) is 0 Å². The molecule has 0 saturated heterocycles. The smallest absolute Gasteiger partial charge is 0.339 e. The molecule has 0 radical (unpaired) electrons. The number of aliphatic hydroxyl groups is 1. The summed E-state index contributed by atoms with van der Waals surface area (Å²) >= 11 is 0. The summed E-state index contributed by atoms with van der Waals surface area (Å²) in [5, 5.41) is 56.5. The van der Waals surface area contributed by atoms with Crippen molar-refractivity contribution in [3.63, 3.8) is 0 Å². The van der Waals surface area contributed by atoms with Gasteiger partial charge in [-0.15, -0.1) is 0 Å². The second-order valence-corrected chi connectivity index (χ2v) is 20.6. The van der Waals surface area contributed by atoms with E-state index in [9.17, 15) is 79.2 Å². The maximum atomic E-state index is 13.7. The number of ether oxygens (including phenoxy) is 2. The lowest BCUT2D eigenvalue weighted by molar-refractivity contribution is -0.385. The third-order valence-corrected chi connectivity index (χ3v) is 14.9. The molecule has 1 N–H and O–H groups in total. The van der Waals surface area contributed by atoms with Crippen LogP contribution in [-0.4, -0.2) is 71.7 Å². The first-order valence-electron chi connectivity index (χ1n) is 19.3. The van der Waals surface area contributed by atoms with Crippen LogP contribution in [0.3, 0.4) is 0 Å². The molecule has 0 saturated carbocycles. The second kappa shape index (κ2) is 19.1. The Labute approximate surface area is 399 Å². The number of methoxy groups -OCH3 is 1. The van der Waals surface area contributed by atoms with Gasteiger partial charge in [0.05, 0.1) is 32.9 Å². The number of fused-ring (bicyclic) bond motifs is 1. The van der Waals surface area contributed by atoms with Crippen LogP contribution in [0, 0.1) is 40.5 Å². The molecule has 27 nitrogen and oxygen atoms in total. The maximum Gasteiger partial charge on any atom is 0.339 e. The molecule has 6 aromatic rings. The quantitative estimate of drug-likeness (QED) is 0.0636. The summed E-state index contributed by atoms with van der Waals surface area (Å²) in [6, 6.07) is 16.7. The van der Waals surface area contributed by atoms with Crippen molar-refractivity contribution in [2.45, 2.75) is 38.2 Å². The zero-order valence-corrected chi connectivity index (χ0v) is 38.5. The van der Waals surface area contributed by atoms with E-state index in [1.807, 2.05) is 0 Å². The number of nitrogens with zero attached hydrogens (tertiary/aromatic N) is 4. The van der Waals surface area contributed by atoms with Crippen LogP contribution in [0.15, 0.2) is 141 Å². The molecule has 31 heteroatoms. The first kappa shape index (κ1) is 50.4. The molecule has 1 aliphatic heterocycles. The number of benzene rings is 6. The number of aliphatic hydroxyl groups excluding tert-OH is 1. The molecule has 0 bridgehead atoms. The zero-order chi connectivity index (χ0) is 51.8. The number of non-ortho nitro benzene ring substituents is 4. The maximum absolute atomic E-state index is 13.7. The highest BCUT2D eigenvalue weighted by atomic mass is 32.2. The first-order chi connectivity index (χ1) is 33.3. The van der Waals surface area contributed by atoms with Gasteiger partial charge in [-0.3, -0.25) is 40.5 Å². The van der Waals surface area contributed by atoms with Crippen LogP contribution < -0.4 is 26.2 Å². The fourth-order valence-electron chi connectivity index (χ4n) is 6.51. The van der Waals surface area contributed by atoms with Gasteiger partial charge in [0, 0.05) is 78.2 Å². The fraction of sp³-hybridized carbons (Fsp3) is 0.100. The molecule has 0 aliphatic carbocycles. The lowest BCUT2D eigenvalue weighted by Crippen LogP contribution is -2.31. The highest BCUT2D eigenvalue weighted by Gasteiger charge is 2.37. The number of hydrogen-bond acceptors (Lipinski definition) is 23. The highest BCUT2D eigenvalue weighted by molar-refractivity contribution is 7.88. The molecule has 0 fully saturated rings. The molecular formula is C40H28N4O23S4. The minimum absolute atomic E-state index is 0.266. The van der Waals surface area contributed by atoms with E-state index < -0.39 is 156 Å². The molecule has 370 valence electrons. The van der Waals surface area contributed by atoms with Gasteiger partial charge in [-0.1, -0.05) is 0 Å². The molecule has 71 heavy (non-hydrogen) atoms. The standard InChI is InChI=1S/C40H28N4O23S4/c1-62-37-18-23(19-38(66-70(58,59)31-14-6-26(7-15-31)43(50)51)40(37)67-71(60,61)32-16-8-27(9-17-32)44(52)53)39-34(45)22-33-35(63-39)20-28(64-68(54,55)29-10-2-24(3-11-29)41(46)47)21-36(33)65-69(56,57)30-12-4-25(5-13-30)42(48)49/h2-21,34,39,45H,22H2,1H3/t34-,39-/m1/s1. The lowest BCUT2D eigenvalue weighted by atomic mass is 9.93. The third-order valence-electron chi connectivity index (χ3n) is 9.89. The zero-order valence-electron chi connectivity index (χ0n) is 35.3. The molecule has 1 aliphatic rings. The Hall–Kier alpha value is -8.52. The summed E-state index contributed by atoms with van der Waals surface area (Å²) in [5.41, 5.74) is -2.58. The first-order valence-corrected chi connectivity index (χ1v) is 24.9. The molecule has 1 heterocycles. The van der Waals surface area contributed by atoms with Gasteiger partial charge in [-0.2, -0.15) is 33.7 Å². The van der Waals surface area contributed by atoms with Crippen LogP contribution in [0.5, 0.6) is 34.5 Å². The molecule has 2 atom stereocenters. The van der Waals surface area contributed by atoms with Gasteiger partial charge in [0.1, 0.15) is 31.1 Å². The van der Waals surface area contributed by atoms with E-state index in [0.717, 1.165) is 128 Å². The molecule has 0 aromatic heterocycles. The van der Waals surface area contributed by atoms with Crippen molar-refractivity contribution in [2.24, 2.45) is 0 Å². The lowest BCUT2D eigenvalue weighted by Gasteiger charge is -2.32. The Balaban J connectivity index is 1.34. The molecule has 7 rings (SSSR count). The largest absolute Gasteiger partial charge is 0.493 e. The fourth-order valence-corrected chi connectivity index (χ4v) is 10.2. The van der Waals surface area contributed by atoms with Crippen molar-refractivity contribution in [3.8, 4) is 34.5 Å². The average Bonchev–Trinajstić information content (AvgIpc) is 3.31. The van der Waals surface area contributed by atoms with Gasteiger partial charge >= 0.3 is 40.5 Å². The summed E-state index contributed by atoms with van der Waals surface area (Å²) in [7, 11) is -19.0. The number of nitro groups is 4. The van der Waals surface area contributed by atoms with E-state index in [1.165, 1.54) is 0 Å². The van der Waals surface area contributed by atoms with Gasteiger partial charge in [0.25, 0.3) is 22.7 Å². The van der Waals surface area contributed by atoms with Crippen molar-refractivity contribution in [3.05, 3.63) is 173 Å². The topological polar surface area (TPSA) is 385 Å². The number of rotatable bonds is 18. The van der Waals surface area contributed by atoms with Crippen molar-refractivity contribution < 1.29 is 84.7 Å². The van der Waals surface area contributed by atoms with E-state index in [0.29, 0.717) is 0 Å². The minimum atomic E-state index is -5.10. The Morgan fingerprint density at radius 3 is 1.23 bits per heavy atom. The van der Waals surface area contributed by atoms with Crippen molar-refractivity contribution in [1.82, 2.24) is 0 Å². The van der Waals surface area contributed by atoms with E-state index in [-0.39, 0.29) is 11.1 Å². The number of hydrogen-bond donors (Lipinski definition) is 1. The number of nitro benzene ring substituents is 4. The highest BCUT2D eigenvalue weighted by Crippen LogP contribution is 2.48. The third kappa shape index (κ3) is 10.9. The summed E-state index contributed by atoms with van der Waals surface area (Å²) in [6.07, 6.45) is -4.17. The van der Waals surface area contributed by atoms with E-state index in [1.54, 1.807) is 0 Å². The Morgan fingerprint density at radius 2 is 0.845 bits per heavy atom. The summed E-state index contributed by atoms with van der Waals surface area (Å²) in [4.78, 5) is 39.0. The monoisotopic (exact) mass is 1060 g/mol. The summed E-state index contributed by atoms with van der Waals surface area (Å²) < 4.78 is 141. The van der Waals surface area contributed by atoms with Gasteiger partial charge in [0.2, 0.25) is 5.75 Å². The van der Waals surface area contributed by atoms with Gasteiger partial charge < -0.3 is 31.3 Å². The molecular weight excluding hydrogens is 1030 g/mol. The van der Waals surface area contributed by atoms with E-state index in [4.69, 9.17) is 26.2 Å². The summed E-state index contributed by atoms with van der Waals surface area (Å²) in [6.45, 7) is 0. The van der Waals surface area contributed by atoms with Gasteiger partial charge in [0.15, 0.2) is 23.4 Å². The van der Waals surface area contributed by atoms with Crippen LogP contribution in [0.2, 0.25) is 0 Å². The van der Waals surface area contributed by atoms with E-state index >= 15 is 0 Å². The van der Waals surface area contributed by atoms with Crippen LogP contribution in [0.1, 0.15) is 17.2 Å². The SMILES string of the molecule is COc1cc([C@H]2Oc3cc(OS(=O)(=O)c4ccc([N+](=O)[O-])cc4)cc(OS(=O)(=O)c4ccc([N+](=O)[O-])cc4)c3C[C@H]2O)cc(OS(=O)(=O)c2ccc([N+](=O)[O-])cc2)c1OS(=O)(=O)c1ccc([N+](=O)[O-])cc1. The van der Waals surface area contributed by atoms with Crippen LogP contribution in [0.25, 0.3) is 0 Å². The molecule has 0 unspecified atom stereocenters. The molecule has 6 aromatic carbocycles. The van der Waals surface area contributed by atoms with Crippen molar-refractivity contribution in [1.29, 1.82) is 0 Å². The van der Waals surface area contributed by atoms with Crippen LogP contribution in [0.4, 0.5) is 22.7 Å². The Kier molecular flexibility index (Phi) is 13.6. The predicted octanol–water partition coefficient (Wildman–Crippen LogP) is 5.44. The van der Waals surface area contributed by atoms with Crippen molar-refractivity contribution in [2.75, 3.05) is 7.11 Å². The van der Waals surface area contributed by atoms with Crippen molar-refractivity contribution >= 4 is 63.2 Å². The predicted molar refractivity (Wildman–Crippen MR) is 236 cm³/mol. The Bertz CT molecular complexity index is 3600. The second-order valence-electron chi connectivity index (χ2n) is 14.4. The molecule has 0 amide bonds. The summed E-state index contributed by atoms with van der Waals surface area (Å²) in [5.74, 6) is -4.50. The van der Waals surface area contributed by atoms with Gasteiger partial charge in [-0.25, -0.2) is 0 Å². The average molecular weight is 1060 g/mol. The van der Waals surface area contributed by atoms with Crippen LogP contribution in [-0.2, 0) is 46.9 Å².